The van der Waals surface area contributed by atoms with Gasteiger partial charge in [-0.3, -0.25) is 4.72 Å². The summed E-state index contributed by atoms with van der Waals surface area (Å²) in [5.41, 5.74) is 1.42. The van der Waals surface area contributed by atoms with Crippen molar-refractivity contribution in [1.82, 2.24) is 5.32 Å². The third-order valence-electron chi connectivity index (χ3n) is 2.81. The Bertz CT molecular complexity index is 733. The van der Waals surface area contributed by atoms with E-state index in [1.807, 2.05) is 7.05 Å². The summed E-state index contributed by atoms with van der Waals surface area (Å²) in [7, 11) is -1.81. The third-order valence-corrected chi connectivity index (χ3v) is 5.59. The van der Waals surface area contributed by atoms with E-state index in [0.717, 1.165) is 5.56 Å². The van der Waals surface area contributed by atoms with Gasteiger partial charge in [0.1, 0.15) is 0 Å². The molecule has 0 aliphatic heterocycles. The van der Waals surface area contributed by atoms with Crippen LogP contribution in [0.15, 0.2) is 51.8 Å². The molecule has 2 aromatic rings. The van der Waals surface area contributed by atoms with Crippen LogP contribution in [-0.4, -0.2) is 15.5 Å². The average molecular weight is 390 g/mol. The molecule has 0 heterocycles. The molecule has 0 spiro atoms. The van der Waals surface area contributed by atoms with Crippen molar-refractivity contribution in [1.29, 1.82) is 0 Å². The van der Waals surface area contributed by atoms with E-state index in [1.54, 1.807) is 42.5 Å². The zero-order chi connectivity index (χ0) is 15.5. The van der Waals surface area contributed by atoms with Gasteiger partial charge in [-0.1, -0.05) is 29.8 Å². The van der Waals surface area contributed by atoms with Crippen LogP contribution in [0.25, 0.3) is 0 Å². The Morgan fingerprint density at radius 3 is 2.43 bits per heavy atom. The third kappa shape index (κ3) is 3.97. The van der Waals surface area contributed by atoms with Gasteiger partial charge in [-0.25, -0.2) is 8.42 Å². The molecule has 0 fully saturated rings. The second kappa shape index (κ2) is 6.79. The van der Waals surface area contributed by atoms with Crippen LogP contribution in [0, 0.1) is 0 Å². The van der Waals surface area contributed by atoms with E-state index in [-0.39, 0.29) is 4.90 Å². The summed E-state index contributed by atoms with van der Waals surface area (Å²) < 4.78 is 27.7. The normalized spacial score (nSPS) is 11.4. The Balaban J connectivity index is 2.27. The molecule has 4 nitrogen and oxygen atoms in total. The van der Waals surface area contributed by atoms with Crippen LogP contribution >= 0.6 is 27.5 Å². The smallest absolute Gasteiger partial charge is 0.261 e. The van der Waals surface area contributed by atoms with E-state index >= 15 is 0 Å². The highest BCUT2D eigenvalue weighted by Gasteiger charge is 2.16. The molecule has 0 saturated carbocycles. The molecule has 0 bridgehead atoms. The summed E-state index contributed by atoms with van der Waals surface area (Å²) in [6.07, 6.45) is 0. The molecule has 0 radical (unpaired) electrons. The minimum absolute atomic E-state index is 0.203. The van der Waals surface area contributed by atoms with E-state index in [2.05, 4.69) is 26.0 Å². The molecule has 7 heteroatoms. The first-order chi connectivity index (χ1) is 9.94. The molecule has 0 aromatic heterocycles. The van der Waals surface area contributed by atoms with Crippen LogP contribution in [-0.2, 0) is 16.6 Å². The van der Waals surface area contributed by atoms with Crippen LogP contribution in [0.3, 0.4) is 0 Å². The Labute approximate surface area is 137 Å². The maximum Gasteiger partial charge on any atom is 0.261 e. The quantitative estimate of drug-likeness (QED) is 0.821. The lowest BCUT2D eigenvalue weighted by Gasteiger charge is -2.11. The highest BCUT2D eigenvalue weighted by molar-refractivity contribution is 9.10. The minimum atomic E-state index is -3.64. The summed E-state index contributed by atoms with van der Waals surface area (Å²) >= 11 is 9.23. The van der Waals surface area contributed by atoms with Crippen LogP contribution in [0.1, 0.15) is 5.56 Å². The first kappa shape index (κ1) is 16.3. The van der Waals surface area contributed by atoms with Gasteiger partial charge in [-0.05, 0) is 52.8 Å². The Morgan fingerprint density at radius 1 is 1.14 bits per heavy atom. The second-order valence-corrected chi connectivity index (χ2v) is 7.26. The molecule has 0 atom stereocenters. The fourth-order valence-corrected chi connectivity index (χ4v) is 3.52. The summed E-state index contributed by atoms with van der Waals surface area (Å²) in [5.74, 6) is 0. The van der Waals surface area contributed by atoms with Gasteiger partial charge in [0.2, 0.25) is 0 Å². The molecule has 2 N–H and O–H groups in total. The first-order valence-electron chi connectivity index (χ1n) is 6.14. The maximum atomic E-state index is 12.3. The zero-order valence-electron chi connectivity index (χ0n) is 11.2. The lowest BCUT2D eigenvalue weighted by Crippen LogP contribution is -2.13. The molecule has 2 aromatic carbocycles. The Hall–Kier alpha value is -1.08. The Morgan fingerprint density at radius 2 is 1.81 bits per heavy atom. The summed E-state index contributed by atoms with van der Waals surface area (Å²) in [6.45, 7) is 0.688. The summed E-state index contributed by atoms with van der Waals surface area (Å²) in [6, 6.07) is 11.7. The lowest BCUT2D eigenvalue weighted by atomic mass is 10.2. The van der Waals surface area contributed by atoms with Gasteiger partial charge in [0, 0.05) is 6.54 Å². The van der Waals surface area contributed by atoms with Crippen molar-refractivity contribution in [3.63, 3.8) is 0 Å². The van der Waals surface area contributed by atoms with Gasteiger partial charge in [0.25, 0.3) is 10.0 Å². The minimum Gasteiger partial charge on any atom is -0.316 e. The van der Waals surface area contributed by atoms with E-state index in [9.17, 15) is 8.42 Å². The van der Waals surface area contributed by atoms with Crippen molar-refractivity contribution < 1.29 is 8.42 Å². The Kier molecular flexibility index (Phi) is 5.27. The number of hydrogen-bond donors (Lipinski definition) is 2. The van der Waals surface area contributed by atoms with Crippen molar-refractivity contribution in [3.8, 4) is 0 Å². The van der Waals surface area contributed by atoms with Gasteiger partial charge in [-0.2, -0.15) is 0 Å². The monoisotopic (exact) mass is 388 g/mol. The first-order valence-corrected chi connectivity index (χ1v) is 8.80. The van der Waals surface area contributed by atoms with Gasteiger partial charge < -0.3 is 5.32 Å². The summed E-state index contributed by atoms with van der Waals surface area (Å²) in [5, 5.41) is 3.45. The van der Waals surface area contributed by atoms with Gasteiger partial charge >= 0.3 is 0 Å². The SMILES string of the molecule is CNCc1ccc(S(=O)(=O)Nc2cccc(Cl)c2Br)cc1. The number of sulfonamides is 1. The van der Waals surface area contributed by atoms with Crippen LogP contribution in [0.2, 0.25) is 5.02 Å². The molecular weight excluding hydrogens is 376 g/mol. The van der Waals surface area contributed by atoms with Gasteiger partial charge in [-0.15, -0.1) is 0 Å². The highest BCUT2D eigenvalue weighted by Crippen LogP contribution is 2.31. The second-order valence-electron chi connectivity index (χ2n) is 4.38. The summed E-state index contributed by atoms with van der Waals surface area (Å²) in [4.78, 5) is 0.203. The number of benzene rings is 2. The standard InChI is InChI=1S/C14H14BrClN2O2S/c1-17-9-10-5-7-11(8-6-10)21(19,20)18-13-4-2-3-12(16)14(13)15/h2-8,17-18H,9H2,1H3. The molecule has 0 amide bonds. The fourth-order valence-electron chi connectivity index (χ4n) is 1.78. The van der Waals surface area contributed by atoms with E-state index < -0.39 is 10.0 Å². The number of nitrogens with one attached hydrogen (secondary N) is 2. The van der Waals surface area contributed by atoms with E-state index in [0.29, 0.717) is 21.7 Å². The number of rotatable bonds is 5. The number of halogens is 2. The average Bonchev–Trinajstić information content (AvgIpc) is 2.45. The predicted octanol–water partition coefficient (Wildman–Crippen LogP) is 3.62. The maximum absolute atomic E-state index is 12.3. The highest BCUT2D eigenvalue weighted by atomic mass is 79.9. The molecule has 2 rings (SSSR count). The molecule has 112 valence electrons. The number of anilines is 1. The van der Waals surface area contributed by atoms with Crippen molar-refractivity contribution in [2.24, 2.45) is 0 Å². The topological polar surface area (TPSA) is 58.2 Å². The molecule has 21 heavy (non-hydrogen) atoms. The van der Waals surface area contributed by atoms with Gasteiger partial charge in [0.05, 0.1) is 20.1 Å². The van der Waals surface area contributed by atoms with E-state index in [4.69, 9.17) is 11.6 Å². The molecule has 0 aliphatic rings. The molecule has 0 saturated heterocycles. The van der Waals surface area contributed by atoms with Crippen LogP contribution in [0.4, 0.5) is 5.69 Å². The van der Waals surface area contributed by atoms with Crippen LogP contribution in [0.5, 0.6) is 0 Å². The van der Waals surface area contributed by atoms with Crippen molar-refractivity contribution in [3.05, 3.63) is 57.5 Å². The zero-order valence-corrected chi connectivity index (χ0v) is 14.4. The largest absolute Gasteiger partial charge is 0.316 e. The van der Waals surface area contributed by atoms with Gasteiger partial charge in [0.15, 0.2) is 0 Å². The van der Waals surface area contributed by atoms with Crippen molar-refractivity contribution in [2.75, 3.05) is 11.8 Å². The molecule has 0 aliphatic carbocycles. The van der Waals surface area contributed by atoms with E-state index in [1.165, 1.54) is 0 Å². The predicted molar refractivity (Wildman–Crippen MR) is 89.2 cm³/mol. The van der Waals surface area contributed by atoms with Crippen molar-refractivity contribution in [2.45, 2.75) is 11.4 Å². The lowest BCUT2D eigenvalue weighted by molar-refractivity contribution is 0.601. The van der Waals surface area contributed by atoms with Crippen molar-refractivity contribution >= 4 is 43.2 Å². The molecule has 0 unspecified atom stereocenters. The number of hydrogen-bond acceptors (Lipinski definition) is 3. The van der Waals surface area contributed by atoms with Crippen LogP contribution < -0.4 is 10.0 Å². The fraction of sp³-hybridized carbons (Fsp3) is 0.143. The molecular formula is C14H14BrClN2O2S.